The second kappa shape index (κ2) is 9.29. The van der Waals surface area contributed by atoms with Crippen molar-refractivity contribution in [3.05, 3.63) is 59.8 Å². The maximum atomic E-state index is 12.4. The molecule has 0 unspecified atom stereocenters. The first-order valence-corrected chi connectivity index (χ1v) is 11.6. The Morgan fingerprint density at radius 2 is 1.86 bits per heavy atom. The number of hydrogen-bond acceptors (Lipinski definition) is 6. The zero-order valence-electron chi connectivity index (χ0n) is 20.1. The van der Waals surface area contributed by atoms with Crippen molar-refractivity contribution in [1.29, 1.82) is 5.26 Å². The van der Waals surface area contributed by atoms with Crippen molar-refractivity contribution in [2.24, 2.45) is 0 Å². The summed E-state index contributed by atoms with van der Waals surface area (Å²) < 4.78 is 6.44. The topological polar surface area (TPSA) is 120 Å². The zero-order valence-corrected chi connectivity index (χ0v) is 20.1. The number of anilines is 1. The molecule has 2 N–H and O–H groups in total. The molecule has 0 atom stereocenters. The lowest BCUT2D eigenvalue weighted by molar-refractivity contribution is 0.0194. The highest BCUT2D eigenvalue weighted by Gasteiger charge is 2.37. The van der Waals surface area contributed by atoms with E-state index in [0.717, 1.165) is 10.2 Å². The Hall–Kier alpha value is -4.06. The van der Waals surface area contributed by atoms with E-state index < -0.39 is 17.2 Å². The minimum atomic E-state index is -1.15. The highest BCUT2D eigenvalue weighted by Crippen LogP contribution is 2.31. The summed E-state index contributed by atoms with van der Waals surface area (Å²) in [7, 11) is 0. The Kier molecular flexibility index (Phi) is 6.39. The van der Waals surface area contributed by atoms with Crippen molar-refractivity contribution in [3.8, 4) is 6.07 Å². The van der Waals surface area contributed by atoms with E-state index in [4.69, 9.17) is 4.74 Å². The number of carboxylic acid groups (broad SMARTS) is 1. The first-order chi connectivity index (χ1) is 16.6. The smallest absolute Gasteiger partial charge is 0.432 e. The lowest BCUT2D eigenvalue weighted by atomic mass is 9.88. The molecule has 35 heavy (non-hydrogen) atoms. The van der Waals surface area contributed by atoms with E-state index in [1.165, 1.54) is 0 Å². The van der Waals surface area contributed by atoms with Gasteiger partial charge in [-0.25, -0.2) is 9.59 Å². The molecule has 9 nitrogen and oxygen atoms in total. The van der Waals surface area contributed by atoms with Crippen molar-refractivity contribution in [3.63, 3.8) is 0 Å². The summed E-state index contributed by atoms with van der Waals surface area (Å²) in [6.45, 7) is 6.27. The summed E-state index contributed by atoms with van der Waals surface area (Å²) in [5.74, 6) is 0. The van der Waals surface area contributed by atoms with Gasteiger partial charge in [-0.2, -0.15) is 15.0 Å². The van der Waals surface area contributed by atoms with E-state index in [9.17, 15) is 20.0 Å². The van der Waals surface area contributed by atoms with Crippen molar-refractivity contribution in [2.75, 3.05) is 18.4 Å². The highest BCUT2D eigenvalue weighted by molar-refractivity contribution is 5.91. The number of nitriles is 1. The van der Waals surface area contributed by atoms with Crippen LogP contribution < -0.4 is 5.32 Å². The highest BCUT2D eigenvalue weighted by atomic mass is 16.6. The van der Waals surface area contributed by atoms with Crippen LogP contribution in [0.4, 0.5) is 15.3 Å². The van der Waals surface area contributed by atoms with Gasteiger partial charge in [0.2, 0.25) is 0 Å². The molecule has 182 valence electrons. The molecule has 1 aromatic heterocycles. The van der Waals surface area contributed by atoms with Gasteiger partial charge < -0.3 is 20.1 Å². The van der Waals surface area contributed by atoms with Gasteiger partial charge in [-0.3, -0.25) is 0 Å². The van der Waals surface area contributed by atoms with Gasteiger partial charge in [0.25, 0.3) is 0 Å². The molecule has 1 aliphatic heterocycles. The average Bonchev–Trinajstić information content (AvgIpc) is 3.17. The number of benzene rings is 2. The summed E-state index contributed by atoms with van der Waals surface area (Å²) in [6, 6.07) is 17.4. The maximum absolute atomic E-state index is 12.4. The quantitative estimate of drug-likeness (QED) is 0.553. The van der Waals surface area contributed by atoms with Gasteiger partial charge in [0, 0.05) is 43.4 Å². The molecule has 0 aliphatic carbocycles. The van der Waals surface area contributed by atoms with Crippen molar-refractivity contribution >= 4 is 28.8 Å². The average molecular weight is 476 g/mol. The molecule has 9 heteroatoms. The normalized spacial score (nSPS) is 15.4. The van der Waals surface area contributed by atoms with Crippen LogP contribution >= 0.6 is 0 Å². The van der Waals surface area contributed by atoms with Crippen LogP contribution in [0, 0.1) is 11.3 Å². The SMILES string of the molecule is CC(C)(C)OC(=O)N1CCC(C#N)(Nc2ccc3c(c2)c(Cc2ccccc2)nn3C(=O)O)CC1. The molecule has 3 aromatic rings. The summed E-state index contributed by atoms with van der Waals surface area (Å²) in [5, 5.41) is 28.0. The van der Waals surface area contributed by atoms with Crippen molar-refractivity contribution in [1.82, 2.24) is 14.7 Å². The molecule has 0 bridgehead atoms. The lowest BCUT2D eigenvalue weighted by Crippen LogP contribution is -2.51. The van der Waals surface area contributed by atoms with Crippen LogP contribution in [0.3, 0.4) is 0 Å². The van der Waals surface area contributed by atoms with Crippen molar-refractivity contribution in [2.45, 2.75) is 51.2 Å². The van der Waals surface area contributed by atoms with E-state index in [1.54, 1.807) is 17.0 Å². The van der Waals surface area contributed by atoms with E-state index in [-0.39, 0.29) is 6.09 Å². The van der Waals surface area contributed by atoms with Gasteiger partial charge in [-0.15, -0.1) is 0 Å². The summed E-state index contributed by atoms with van der Waals surface area (Å²) >= 11 is 0. The standard InChI is InChI=1S/C26H29N5O4/c1-25(2,3)35-24(34)30-13-11-26(17-27,12-14-30)28-19-9-10-22-20(16-19)21(29-31(22)23(32)33)15-18-7-5-4-6-8-18/h4-10,16,28H,11-15H2,1-3H3,(H,32,33). The lowest BCUT2D eigenvalue weighted by Gasteiger charge is -2.38. The fourth-order valence-electron chi connectivity index (χ4n) is 4.26. The summed E-state index contributed by atoms with van der Waals surface area (Å²) in [6.07, 6.45) is -0.178. The van der Waals surface area contributed by atoms with Crippen LogP contribution in [0.1, 0.15) is 44.9 Å². The fraction of sp³-hybridized carbons (Fsp3) is 0.385. The van der Waals surface area contributed by atoms with Gasteiger partial charge >= 0.3 is 12.2 Å². The molecule has 1 saturated heterocycles. The number of likely N-dealkylation sites (tertiary alicyclic amines) is 1. The summed E-state index contributed by atoms with van der Waals surface area (Å²) in [5.41, 5.74) is 1.42. The molecule has 0 spiro atoms. The number of rotatable bonds is 4. The van der Waals surface area contributed by atoms with Crippen LogP contribution in [-0.2, 0) is 11.2 Å². The Labute approximate surface area is 203 Å². The number of ether oxygens (including phenoxy) is 1. The minimum Gasteiger partial charge on any atom is -0.463 e. The van der Waals surface area contributed by atoms with Crippen LogP contribution in [0.15, 0.2) is 48.5 Å². The number of aromatic nitrogens is 2. The van der Waals surface area contributed by atoms with E-state index in [2.05, 4.69) is 16.5 Å². The number of nitrogens with zero attached hydrogens (tertiary/aromatic N) is 4. The molecule has 1 fully saturated rings. The van der Waals surface area contributed by atoms with Crippen LogP contribution in [0.5, 0.6) is 0 Å². The molecule has 4 rings (SSSR count). The number of amides is 1. The number of carbonyl (C=O) groups is 2. The molecule has 1 aliphatic rings. The molecule has 0 radical (unpaired) electrons. The molecule has 0 saturated carbocycles. The van der Waals surface area contributed by atoms with Gasteiger partial charge in [0.1, 0.15) is 11.1 Å². The Morgan fingerprint density at radius 1 is 1.17 bits per heavy atom. The molecular weight excluding hydrogens is 446 g/mol. The largest absolute Gasteiger partial charge is 0.463 e. The van der Waals surface area contributed by atoms with E-state index in [1.807, 2.05) is 57.2 Å². The monoisotopic (exact) mass is 475 g/mol. The third-order valence-corrected chi connectivity index (χ3v) is 6.02. The van der Waals surface area contributed by atoms with Crippen molar-refractivity contribution < 1.29 is 19.4 Å². The minimum absolute atomic E-state index is 0.378. The Morgan fingerprint density at radius 3 is 2.46 bits per heavy atom. The molecule has 2 aromatic carbocycles. The third-order valence-electron chi connectivity index (χ3n) is 6.02. The zero-order chi connectivity index (χ0) is 25.2. The molecular formula is C26H29N5O4. The second-order valence-corrected chi connectivity index (χ2v) is 9.82. The van der Waals surface area contributed by atoms with Gasteiger partial charge in [0.15, 0.2) is 0 Å². The van der Waals surface area contributed by atoms with E-state index in [0.29, 0.717) is 54.6 Å². The van der Waals surface area contributed by atoms with Crippen LogP contribution in [0.25, 0.3) is 10.9 Å². The number of carbonyl (C=O) groups excluding carboxylic acids is 1. The Bertz CT molecular complexity index is 1280. The van der Waals surface area contributed by atoms with Gasteiger partial charge in [-0.1, -0.05) is 30.3 Å². The van der Waals surface area contributed by atoms with Crippen LogP contribution in [0.2, 0.25) is 0 Å². The molecule has 1 amide bonds. The first kappa shape index (κ1) is 24.1. The second-order valence-electron chi connectivity index (χ2n) is 9.82. The predicted molar refractivity (Wildman–Crippen MR) is 131 cm³/mol. The van der Waals surface area contributed by atoms with Gasteiger partial charge in [-0.05, 0) is 44.5 Å². The van der Waals surface area contributed by atoms with E-state index >= 15 is 0 Å². The van der Waals surface area contributed by atoms with Crippen LogP contribution in [-0.4, -0.2) is 56.2 Å². The number of piperidine rings is 1. The first-order valence-electron chi connectivity index (χ1n) is 11.6. The summed E-state index contributed by atoms with van der Waals surface area (Å²) in [4.78, 5) is 25.8. The maximum Gasteiger partial charge on any atom is 0.432 e. The predicted octanol–water partition coefficient (Wildman–Crippen LogP) is 4.86. The third kappa shape index (κ3) is 5.38. The number of nitrogens with one attached hydrogen (secondary N) is 1. The number of fused-ring (bicyclic) bond motifs is 1. The van der Waals surface area contributed by atoms with Gasteiger partial charge in [0.05, 0.1) is 17.3 Å². The fourth-order valence-corrected chi connectivity index (χ4v) is 4.26. The molecule has 2 heterocycles. The number of hydrogen-bond donors (Lipinski definition) is 2. The Balaban J connectivity index is 1.57.